The predicted molar refractivity (Wildman–Crippen MR) is 81.5 cm³/mol. The zero-order valence-corrected chi connectivity index (χ0v) is 12.1. The third-order valence-corrected chi connectivity index (χ3v) is 4.07. The lowest BCUT2D eigenvalue weighted by Crippen LogP contribution is -1.86. The highest BCUT2D eigenvalue weighted by Crippen LogP contribution is 2.28. The van der Waals surface area contributed by atoms with Crippen molar-refractivity contribution in [1.29, 1.82) is 0 Å². The van der Waals surface area contributed by atoms with Crippen molar-refractivity contribution in [1.82, 2.24) is 9.97 Å². The number of benzene rings is 2. The summed E-state index contributed by atoms with van der Waals surface area (Å²) in [5, 5.41) is 0.865. The van der Waals surface area contributed by atoms with Crippen LogP contribution in [0.15, 0.2) is 46.5 Å². The van der Waals surface area contributed by atoms with Crippen LogP contribution in [0.25, 0.3) is 11.0 Å². The van der Waals surface area contributed by atoms with Crippen LogP contribution in [0.5, 0.6) is 0 Å². The molecule has 20 heavy (non-hydrogen) atoms. The van der Waals surface area contributed by atoms with E-state index in [2.05, 4.69) is 29.0 Å². The summed E-state index contributed by atoms with van der Waals surface area (Å²) in [6, 6.07) is 12.0. The van der Waals surface area contributed by atoms with Gasteiger partial charge in [0.2, 0.25) is 0 Å². The smallest absolute Gasteiger partial charge is 0.171 e. The van der Waals surface area contributed by atoms with E-state index < -0.39 is 0 Å². The summed E-state index contributed by atoms with van der Waals surface area (Å²) >= 11 is 1.57. The summed E-state index contributed by atoms with van der Waals surface area (Å²) in [4.78, 5) is 19.8. The Labute approximate surface area is 121 Å². The van der Waals surface area contributed by atoms with Gasteiger partial charge in [-0.15, -0.1) is 0 Å². The van der Waals surface area contributed by atoms with Gasteiger partial charge < -0.3 is 4.98 Å². The van der Waals surface area contributed by atoms with Gasteiger partial charge >= 0.3 is 0 Å². The van der Waals surface area contributed by atoms with Gasteiger partial charge in [0.15, 0.2) is 5.16 Å². The third-order valence-electron chi connectivity index (χ3n) is 3.20. The van der Waals surface area contributed by atoms with Gasteiger partial charge in [-0.3, -0.25) is 4.79 Å². The number of aromatic nitrogens is 2. The van der Waals surface area contributed by atoms with Crippen molar-refractivity contribution >= 4 is 29.1 Å². The summed E-state index contributed by atoms with van der Waals surface area (Å²) < 4.78 is 0. The fourth-order valence-electron chi connectivity index (χ4n) is 2.10. The summed E-state index contributed by atoms with van der Waals surface area (Å²) in [5.41, 5.74) is 4.95. The van der Waals surface area contributed by atoms with Crippen LogP contribution in [0.1, 0.15) is 21.5 Å². The highest BCUT2D eigenvalue weighted by molar-refractivity contribution is 7.99. The van der Waals surface area contributed by atoms with E-state index in [1.54, 1.807) is 11.8 Å². The zero-order chi connectivity index (χ0) is 14.1. The SMILES string of the molecule is Cc1ccc2nc(Sc3ccc(C=O)c(C)c3)[nH]c2c1. The average Bonchev–Trinajstić information content (AvgIpc) is 2.80. The number of hydrogen-bond donors (Lipinski definition) is 1. The lowest BCUT2D eigenvalue weighted by atomic mass is 10.1. The molecule has 0 aliphatic rings. The molecule has 0 fully saturated rings. The minimum Gasteiger partial charge on any atom is -0.333 e. The number of aromatic amines is 1. The molecule has 3 aromatic rings. The summed E-state index contributed by atoms with van der Waals surface area (Å²) in [6.45, 7) is 4.00. The number of imidazole rings is 1. The number of carbonyl (C=O) groups is 1. The molecule has 1 N–H and O–H groups in total. The lowest BCUT2D eigenvalue weighted by molar-refractivity contribution is 0.112. The van der Waals surface area contributed by atoms with Crippen LogP contribution in [0.4, 0.5) is 0 Å². The molecule has 0 amide bonds. The molecule has 100 valence electrons. The lowest BCUT2D eigenvalue weighted by Gasteiger charge is -2.02. The average molecular weight is 282 g/mol. The standard InChI is InChI=1S/C16H14N2OS/c1-10-3-6-14-15(7-10)18-16(17-14)20-13-5-4-12(9-19)11(2)8-13/h3-9H,1-2H3,(H,17,18). The Kier molecular flexibility index (Phi) is 3.32. The Morgan fingerprint density at radius 2 is 2.00 bits per heavy atom. The number of nitrogens with zero attached hydrogens (tertiary/aromatic N) is 1. The highest BCUT2D eigenvalue weighted by Gasteiger charge is 2.06. The van der Waals surface area contributed by atoms with E-state index in [4.69, 9.17) is 0 Å². The van der Waals surface area contributed by atoms with Crippen LogP contribution in [0.3, 0.4) is 0 Å². The van der Waals surface area contributed by atoms with Crippen molar-refractivity contribution in [3.63, 3.8) is 0 Å². The number of carbonyl (C=O) groups excluding carboxylic acids is 1. The normalized spacial score (nSPS) is 10.9. The number of rotatable bonds is 3. The maximum atomic E-state index is 10.8. The van der Waals surface area contributed by atoms with E-state index in [0.29, 0.717) is 0 Å². The molecule has 3 nitrogen and oxygen atoms in total. The van der Waals surface area contributed by atoms with E-state index in [-0.39, 0.29) is 0 Å². The molecule has 3 rings (SSSR count). The monoisotopic (exact) mass is 282 g/mol. The maximum absolute atomic E-state index is 10.8. The van der Waals surface area contributed by atoms with Crippen LogP contribution in [0, 0.1) is 13.8 Å². The number of H-pyrrole nitrogens is 1. The topological polar surface area (TPSA) is 45.8 Å². The first-order chi connectivity index (χ1) is 9.65. The Morgan fingerprint density at radius 3 is 2.75 bits per heavy atom. The van der Waals surface area contributed by atoms with Crippen molar-refractivity contribution in [2.75, 3.05) is 0 Å². The second-order valence-electron chi connectivity index (χ2n) is 4.80. The van der Waals surface area contributed by atoms with Gasteiger partial charge in [-0.1, -0.05) is 23.9 Å². The maximum Gasteiger partial charge on any atom is 0.171 e. The van der Waals surface area contributed by atoms with Crippen LogP contribution in [0.2, 0.25) is 0 Å². The Bertz CT molecular complexity index is 792. The van der Waals surface area contributed by atoms with Gasteiger partial charge in [0.25, 0.3) is 0 Å². The van der Waals surface area contributed by atoms with Crippen molar-refractivity contribution in [3.8, 4) is 0 Å². The molecule has 0 aliphatic carbocycles. The number of aryl methyl sites for hydroxylation is 2. The number of nitrogens with one attached hydrogen (secondary N) is 1. The fraction of sp³-hybridized carbons (Fsp3) is 0.125. The van der Waals surface area contributed by atoms with Crippen molar-refractivity contribution in [2.24, 2.45) is 0 Å². The minimum atomic E-state index is 0.731. The van der Waals surface area contributed by atoms with Gasteiger partial charge in [0.1, 0.15) is 6.29 Å². The molecule has 2 aromatic carbocycles. The van der Waals surface area contributed by atoms with Crippen LogP contribution >= 0.6 is 11.8 Å². The molecule has 0 radical (unpaired) electrons. The van der Waals surface area contributed by atoms with Gasteiger partial charge in [0, 0.05) is 10.5 Å². The molecule has 0 saturated heterocycles. The minimum absolute atomic E-state index is 0.731. The van der Waals surface area contributed by atoms with Gasteiger partial charge in [-0.2, -0.15) is 0 Å². The second-order valence-corrected chi connectivity index (χ2v) is 5.86. The molecule has 0 bridgehead atoms. The second kappa shape index (κ2) is 5.13. The summed E-state index contributed by atoms with van der Waals surface area (Å²) in [5.74, 6) is 0. The van der Waals surface area contributed by atoms with Crippen LogP contribution in [-0.4, -0.2) is 16.3 Å². The quantitative estimate of drug-likeness (QED) is 0.734. The summed E-state index contributed by atoms with van der Waals surface area (Å²) in [6.07, 6.45) is 0.883. The van der Waals surface area contributed by atoms with Gasteiger partial charge in [-0.05, 0) is 49.2 Å². The van der Waals surface area contributed by atoms with Crippen molar-refractivity contribution in [2.45, 2.75) is 23.9 Å². The molecule has 0 aliphatic heterocycles. The predicted octanol–water partition coefficient (Wildman–Crippen LogP) is 4.14. The Hall–Kier alpha value is -2.07. The first kappa shape index (κ1) is 12.9. The number of fused-ring (bicyclic) bond motifs is 1. The van der Waals surface area contributed by atoms with Gasteiger partial charge in [0.05, 0.1) is 11.0 Å². The Morgan fingerprint density at radius 1 is 1.15 bits per heavy atom. The van der Waals surface area contributed by atoms with Crippen LogP contribution < -0.4 is 0 Å². The molecule has 4 heteroatoms. The van der Waals surface area contributed by atoms with E-state index in [9.17, 15) is 4.79 Å². The number of hydrogen-bond acceptors (Lipinski definition) is 3. The van der Waals surface area contributed by atoms with Crippen molar-refractivity contribution < 1.29 is 4.79 Å². The van der Waals surface area contributed by atoms with Crippen LogP contribution in [-0.2, 0) is 0 Å². The molecule has 0 saturated carbocycles. The molecule has 0 atom stereocenters. The fourth-order valence-corrected chi connectivity index (χ4v) is 3.00. The first-order valence-corrected chi connectivity index (χ1v) is 7.17. The van der Waals surface area contributed by atoms with E-state index in [0.717, 1.165) is 38.5 Å². The van der Waals surface area contributed by atoms with E-state index >= 15 is 0 Å². The van der Waals surface area contributed by atoms with Crippen molar-refractivity contribution in [3.05, 3.63) is 53.1 Å². The molecular weight excluding hydrogens is 268 g/mol. The van der Waals surface area contributed by atoms with Gasteiger partial charge in [-0.25, -0.2) is 4.98 Å². The Balaban J connectivity index is 1.92. The third kappa shape index (κ3) is 2.47. The highest BCUT2D eigenvalue weighted by atomic mass is 32.2. The zero-order valence-electron chi connectivity index (χ0n) is 11.3. The largest absolute Gasteiger partial charge is 0.333 e. The molecular formula is C16H14N2OS. The molecule has 1 aromatic heterocycles. The first-order valence-electron chi connectivity index (χ1n) is 6.36. The van der Waals surface area contributed by atoms with E-state index in [1.165, 1.54) is 5.56 Å². The summed E-state index contributed by atoms with van der Waals surface area (Å²) in [7, 11) is 0. The molecule has 0 unspecified atom stereocenters. The number of aldehydes is 1. The molecule has 1 heterocycles. The molecule has 0 spiro atoms. The van der Waals surface area contributed by atoms with E-state index in [1.807, 2.05) is 31.2 Å².